The van der Waals surface area contributed by atoms with Crippen LogP contribution in [0.3, 0.4) is 0 Å². The smallest absolute Gasteiger partial charge is 0.361 e. The van der Waals surface area contributed by atoms with Crippen LogP contribution in [0.15, 0.2) is 18.2 Å². The summed E-state index contributed by atoms with van der Waals surface area (Å²) in [5.41, 5.74) is 2.49. The number of aromatic amines is 1. The lowest BCUT2D eigenvalue weighted by Gasteiger charge is -2.10. The van der Waals surface area contributed by atoms with Gasteiger partial charge >= 0.3 is 5.97 Å². The number of esters is 1. The van der Waals surface area contributed by atoms with Crippen molar-refractivity contribution in [1.29, 1.82) is 0 Å². The fourth-order valence-electron chi connectivity index (χ4n) is 2.27. The molecule has 1 N–H and O–H groups in total. The molecule has 0 saturated heterocycles. The Morgan fingerprint density at radius 2 is 2.04 bits per heavy atom. The maximum Gasteiger partial charge on any atom is 0.361 e. The van der Waals surface area contributed by atoms with Crippen molar-refractivity contribution in [3.05, 3.63) is 29.5 Å². The van der Waals surface area contributed by atoms with Crippen molar-refractivity contribution in [2.75, 3.05) is 13.2 Å². The number of carbonyl (C=O) groups excluding carboxylic acids is 1. The topological polar surface area (TPSA) is 77.1 Å². The minimum atomic E-state index is -0.478. The Hall–Kier alpha value is -2.37. The van der Waals surface area contributed by atoms with Crippen LogP contribution in [-0.4, -0.2) is 34.6 Å². The van der Waals surface area contributed by atoms with Crippen molar-refractivity contribution in [2.24, 2.45) is 0 Å². The first-order valence-electron chi connectivity index (χ1n) is 7.99. The summed E-state index contributed by atoms with van der Waals surface area (Å²) in [6, 6.07) is 5.72. The number of H-pyrrole nitrogens is 1. The quantitative estimate of drug-likeness (QED) is 0.595. The first-order valence-corrected chi connectivity index (χ1v) is 7.99. The molecular weight excluding hydrogens is 294 g/mol. The molecule has 23 heavy (non-hydrogen) atoms. The number of hydrogen-bond donors (Lipinski definition) is 1. The number of benzene rings is 1. The fourth-order valence-corrected chi connectivity index (χ4v) is 2.27. The average Bonchev–Trinajstić information content (AvgIpc) is 3.02. The Morgan fingerprint density at radius 1 is 1.22 bits per heavy atom. The summed E-state index contributed by atoms with van der Waals surface area (Å²) in [4.78, 5) is 11.9. The molecule has 1 aromatic heterocycles. The molecule has 0 aliphatic carbocycles. The van der Waals surface area contributed by atoms with Gasteiger partial charge in [-0.3, -0.25) is 0 Å². The summed E-state index contributed by atoms with van der Waals surface area (Å²) in [5.74, 6) is 0.375. The molecule has 2 rings (SSSR count). The Labute approximate surface area is 136 Å². The van der Waals surface area contributed by atoms with E-state index in [9.17, 15) is 4.79 Å². The van der Waals surface area contributed by atoms with Gasteiger partial charge in [0.15, 0.2) is 5.69 Å². The lowest BCUT2D eigenvalue weighted by molar-refractivity contribution is 0.0520. The van der Waals surface area contributed by atoms with Crippen molar-refractivity contribution in [1.82, 2.24) is 15.4 Å². The van der Waals surface area contributed by atoms with Crippen LogP contribution in [0.1, 0.15) is 49.2 Å². The number of aryl methyl sites for hydroxylation is 1. The van der Waals surface area contributed by atoms with Gasteiger partial charge in [0.2, 0.25) is 0 Å². The molecule has 0 radical (unpaired) electrons. The lowest BCUT2D eigenvalue weighted by atomic mass is 10.1. The number of ether oxygens (including phenoxy) is 2. The fraction of sp³-hybridized carbons (Fsp3) is 0.471. The SMILES string of the molecule is CCCCCOc1ccc(-c2n[nH]nc2C(=O)OCC)cc1C. The zero-order valence-corrected chi connectivity index (χ0v) is 13.9. The zero-order valence-electron chi connectivity index (χ0n) is 13.9. The molecule has 0 fully saturated rings. The van der Waals surface area contributed by atoms with Crippen LogP contribution in [0, 0.1) is 6.92 Å². The Bertz CT molecular complexity index is 652. The Morgan fingerprint density at radius 3 is 2.74 bits per heavy atom. The highest BCUT2D eigenvalue weighted by molar-refractivity contribution is 5.93. The van der Waals surface area contributed by atoms with Crippen LogP contribution < -0.4 is 4.74 Å². The predicted octanol–water partition coefficient (Wildman–Crippen LogP) is 3.53. The molecule has 1 aromatic carbocycles. The number of unbranched alkanes of at least 4 members (excludes halogenated alkanes) is 2. The third-order valence-electron chi connectivity index (χ3n) is 3.47. The molecule has 0 unspecified atom stereocenters. The monoisotopic (exact) mass is 317 g/mol. The lowest BCUT2D eigenvalue weighted by Crippen LogP contribution is -2.07. The Balaban J connectivity index is 2.14. The molecule has 2 aromatic rings. The second-order valence-corrected chi connectivity index (χ2v) is 5.28. The summed E-state index contributed by atoms with van der Waals surface area (Å²) >= 11 is 0. The second kappa shape index (κ2) is 8.31. The largest absolute Gasteiger partial charge is 0.493 e. The first-order chi connectivity index (χ1) is 11.2. The highest BCUT2D eigenvalue weighted by atomic mass is 16.5. The van der Waals surface area contributed by atoms with Gasteiger partial charge in [0.1, 0.15) is 11.4 Å². The molecule has 0 atom stereocenters. The van der Waals surface area contributed by atoms with E-state index in [0.29, 0.717) is 18.9 Å². The van der Waals surface area contributed by atoms with Gasteiger partial charge in [-0.1, -0.05) is 19.8 Å². The van der Waals surface area contributed by atoms with Crippen LogP contribution in [0.25, 0.3) is 11.3 Å². The van der Waals surface area contributed by atoms with Crippen molar-refractivity contribution in [2.45, 2.75) is 40.0 Å². The predicted molar refractivity (Wildman–Crippen MR) is 87.5 cm³/mol. The number of aromatic nitrogens is 3. The van der Waals surface area contributed by atoms with Gasteiger partial charge in [-0.25, -0.2) is 4.79 Å². The summed E-state index contributed by atoms with van der Waals surface area (Å²) in [7, 11) is 0. The molecular formula is C17H23N3O3. The van der Waals surface area contributed by atoms with Gasteiger partial charge in [0, 0.05) is 5.56 Å². The van der Waals surface area contributed by atoms with Crippen LogP contribution in [0.5, 0.6) is 5.75 Å². The van der Waals surface area contributed by atoms with Crippen molar-refractivity contribution in [3.63, 3.8) is 0 Å². The normalized spacial score (nSPS) is 10.6. The first kappa shape index (κ1) is 17.0. The molecule has 0 aliphatic rings. The highest BCUT2D eigenvalue weighted by Gasteiger charge is 2.19. The zero-order chi connectivity index (χ0) is 16.7. The highest BCUT2D eigenvalue weighted by Crippen LogP contribution is 2.27. The van der Waals surface area contributed by atoms with E-state index in [1.54, 1.807) is 6.92 Å². The summed E-state index contributed by atoms with van der Waals surface area (Å²) in [6.45, 7) is 6.91. The minimum absolute atomic E-state index is 0.197. The van der Waals surface area contributed by atoms with Gasteiger partial charge in [-0.15, -0.1) is 5.10 Å². The van der Waals surface area contributed by atoms with Gasteiger partial charge in [-0.2, -0.15) is 10.3 Å². The number of nitrogens with one attached hydrogen (secondary N) is 1. The summed E-state index contributed by atoms with van der Waals surface area (Å²) in [6.07, 6.45) is 3.39. The number of rotatable bonds is 8. The molecule has 1 heterocycles. The summed E-state index contributed by atoms with van der Waals surface area (Å²) in [5, 5.41) is 10.4. The Kier molecular flexibility index (Phi) is 6.14. The van der Waals surface area contributed by atoms with E-state index in [4.69, 9.17) is 9.47 Å². The number of carbonyl (C=O) groups is 1. The van der Waals surface area contributed by atoms with Gasteiger partial charge in [0.25, 0.3) is 0 Å². The second-order valence-electron chi connectivity index (χ2n) is 5.28. The number of nitrogens with zero attached hydrogens (tertiary/aromatic N) is 2. The molecule has 124 valence electrons. The number of hydrogen-bond acceptors (Lipinski definition) is 5. The molecule has 0 saturated carbocycles. The van der Waals surface area contributed by atoms with Crippen molar-refractivity contribution in [3.8, 4) is 17.0 Å². The molecule has 0 spiro atoms. The van der Waals surface area contributed by atoms with Crippen LogP contribution in [0.2, 0.25) is 0 Å². The third-order valence-corrected chi connectivity index (χ3v) is 3.47. The standard InChI is InChI=1S/C17H23N3O3/c1-4-6-7-10-23-14-9-8-13(11-12(14)3)15-16(19-20-18-15)17(21)22-5-2/h8-9,11H,4-7,10H2,1-3H3,(H,18,19,20). The minimum Gasteiger partial charge on any atom is -0.493 e. The van der Waals surface area contributed by atoms with Gasteiger partial charge in [-0.05, 0) is 44.0 Å². The van der Waals surface area contributed by atoms with Crippen LogP contribution in [-0.2, 0) is 4.74 Å². The van der Waals surface area contributed by atoms with Crippen LogP contribution in [0.4, 0.5) is 0 Å². The van der Waals surface area contributed by atoms with E-state index in [0.717, 1.165) is 23.3 Å². The molecule has 6 heteroatoms. The van der Waals surface area contributed by atoms with Gasteiger partial charge in [0.05, 0.1) is 13.2 Å². The van der Waals surface area contributed by atoms with E-state index in [-0.39, 0.29) is 5.69 Å². The third kappa shape index (κ3) is 4.31. The van der Waals surface area contributed by atoms with E-state index in [1.165, 1.54) is 12.8 Å². The van der Waals surface area contributed by atoms with Crippen molar-refractivity contribution < 1.29 is 14.3 Å². The molecule has 6 nitrogen and oxygen atoms in total. The maximum absolute atomic E-state index is 11.9. The molecule has 0 amide bonds. The van der Waals surface area contributed by atoms with E-state index in [2.05, 4.69) is 22.3 Å². The van der Waals surface area contributed by atoms with E-state index >= 15 is 0 Å². The maximum atomic E-state index is 11.9. The van der Waals surface area contributed by atoms with E-state index in [1.807, 2.05) is 25.1 Å². The van der Waals surface area contributed by atoms with Crippen LogP contribution >= 0.6 is 0 Å². The van der Waals surface area contributed by atoms with Gasteiger partial charge < -0.3 is 9.47 Å². The van der Waals surface area contributed by atoms with E-state index < -0.39 is 5.97 Å². The molecule has 0 aliphatic heterocycles. The molecule has 0 bridgehead atoms. The summed E-state index contributed by atoms with van der Waals surface area (Å²) < 4.78 is 10.8. The average molecular weight is 317 g/mol. The van der Waals surface area contributed by atoms with Crippen molar-refractivity contribution >= 4 is 5.97 Å².